The Morgan fingerprint density at radius 1 is 0.323 bits per heavy atom. The highest BCUT2D eigenvalue weighted by molar-refractivity contribution is 7.86. The molecule has 0 unspecified atom stereocenters. The second-order valence-electron chi connectivity index (χ2n) is 15.0. The molecule has 0 radical (unpaired) electrons. The zero-order chi connectivity index (χ0) is 46.2. The summed E-state index contributed by atoms with van der Waals surface area (Å²) in [5, 5.41) is 2.30. The summed E-state index contributed by atoms with van der Waals surface area (Å²) < 4.78 is 138. The van der Waals surface area contributed by atoms with Crippen molar-refractivity contribution < 1.29 is 51.9 Å². The van der Waals surface area contributed by atoms with E-state index < -0.39 is 40.5 Å². The molecule has 5 heterocycles. The van der Waals surface area contributed by atoms with Crippen LogP contribution < -0.4 is 21.4 Å². The lowest BCUT2D eigenvalue weighted by atomic mass is 10.0. The molecule has 0 spiro atoms. The van der Waals surface area contributed by atoms with Crippen molar-refractivity contribution in [2.75, 3.05) is 0 Å². The molecule has 0 saturated heterocycles. The number of rotatable bonds is 8. The van der Waals surface area contributed by atoms with Crippen LogP contribution in [0.25, 0.3) is 22.3 Å². The molecule has 1 aliphatic heterocycles. The number of aromatic amines is 3. The molecule has 65 heavy (non-hydrogen) atoms. The topological polar surface area (TPSA) is 270 Å². The van der Waals surface area contributed by atoms with Gasteiger partial charge in [-0.1, -0.05) is 48.5 Å². The largest absolute Gasteiger partial charge is 0.354 e. The average molecular weight is 951 g/mol. The van der Waals surface area contributed by atoms with Gasteiger partial charge in [0, 0.05) is 62.8 Å². The highest BCUT2D eigenvalue weighted by Gasteiger charge is 2.22. The molecular weight excluding hydrogens is 917 g/mol. The van der Waals surface area contributed by atoms with Crippen molar-refractivity contribution in [3.05, 3.63) is 212 Å². The fraction of sp³-hybridized carbons (Fsp3) is 0.0222. The Balaban J connectivity index is 1.42. The Labute approximate surface area is 370 Å². The van der Waals surface area contributed by atoms with Crippen molar-refractivity contribution in [1.29, 1.82) is 0 Å². The van der Waals surface area contributed by atoms with Crippen LogP contribution in [0, 0.1) is 0 Å². The predicted octanol–water partition coefficient (Wildman–Crippen LogP) is 3.30. The van der Waals surface area contributed by atoms with Crippen molar-refractivity contribution in [3.8, 4) is 0 Å². The third-order valence-corrected chi connectivity index (χ3v) is 14.5. The smallest absolute Gasteiger partial charge is 0.294 e. The summed E-state index contributed by atoms with van der Waals surface area (Å²) in [7, 11) is -16.3. The third-order valence-electron chi connectivity index (χ3n) is 11.1. The molecule has 0 fully saturated rings. The molecule has 330 valence electrons. The van der Waals surface area contributed by atoms with E-state index >= 15 is 0 Å². The number of fused-ring (bicyclic) bond motifs is 8. The van der Waals surface area contributed by atoms with Crippen molar-refractivity contribution in [2.45, 2.75) is 19.6 Å². The highest BCUT2D eigenvalue weighted by Crippen LogP contribution is 2.30. The van der Waals surface area contributed by atoms with Gasteiger partial charge in [0.25, 0.3) is 40.5 Å². The third kappa shape index (κ3) is 8.24. The maximum atomic E-state index is 12.1. The number of hydrogen-bond acceptors (Lipinski definition) is 8. The van der Waals surface area contributed by atoms with Gasteiger partial charge in [-0.3, -0.25) is 18.2 Å². The van der Waals surface area contributed by atoms with E-state index in [1.54, 1.807) is 48.5 Å². The van der Waals surface area contributed by atoms with E-state index in [1.807, 2.05) is 35.9 Å². The maximum Gasteiger partial charge on any atom is 0.294 e. The first-order valence-corrected chi connectivity index (χ1v) is 25.0. The molecule has 7 N–H and O–H groups in total. The summed E-state index contributed by atoms with van der Waals surface area (Å²) >= 11 is 0. The minimum Gasteiger partial charge on any atom is -0.354 e. The predicted molar refractivity (Wildman–Crippen MR) is 238 cm³/mol. The normalized spacial score (nSPS) is 17.0. The molecule has 0 amide bonds. The van der Waals surface area contributed by atoms with Crippen LogP contribution in [0.3, 0.4) is 0 Å². The van der Waals surface area contributed by atoms with Gasteiger partial charge in [-0.05, 0) is 119 Å². The molecule has 8 bridgehead atoms. The van der Waals surface area contributed by atoms with Crippen LogP contribution in [0.15, 0.2) is 165 Å². The van der Waals surface area contributed by atoms with Crippen LogP contribution in [-0.4, -0.2) is 71.4 Å². The minimum atomic E-state index is -4.54. The second kappa shape index (κ2) is 15.7. The van der Waals surface area contributed by atoms with Crippen LogP contribution in [0.2, 0.25) is 0 Å². The van der Waals surface area contributed by atoms with Crippen molar-refractivity contribution >= 4 is 62.8 Å². The monoisotopic (exact) mass is 950 g/mol. The summed E-state index contributed by atoms with van der Waals surface area (Å²) in [6.07, 6.45) is 0. The molecule has 0 saturated carbocycles. The highest BCUT2D eigenvalue weighted by atomic mass is 32.2. The lowest BCUT2D eigenvalue weighted by molar-refractivity contribution is 0.481. The lowest BCUT2D eigenvalue weighted by Crippen LogP contribution is -2.28. The Hall–Kier alpha value is -6.88. The van der Waals surface area contributed by atoms with Gasteiger partial charge in [0.05, 0.1) is 30.3 Å². The standard InChI is InChI=1S/C45H34N4O12S4/c1-49-40-24-25-41(49)45(29-8-16-33(17-9-29)65(59,60)61)39-23-21-37(48-39)43(27-4-12-31(13-5-27)63(53,54)55)35-19-18-34(46-35)42(26-2-10-30(11-3-26)62(50,51)52)36-20-22-38(47-36)44(40)28-6-14-32(15-7-28)64(56,57)58/h2-25,46-48H,1H3,(H,50,51,52)(H,53,54,55)(H,56,57,58)(H,59,60,61)/b42-34-,42-36?,43-35-,43-37?,44-38?,44-40-,45-39?,45-41-. The van der Waals surface area contributed by atoms with Gasteiger partial charge in [-0.2, -0.15) is 33.7 Å². The number of hydrogen-bond donors (Lipinski definition) is 7. The molecule has 9 rings (SSSR count). The van der Waals surface area contributed by atoms with Gasteiger partial charge in [0.2, 0.25) is 0 Å². The Morgan fingerprint density at radius 3 is 0.831 bits per heavy atom. The van der Waals surface area contributed by atoms with E-state index in [0.717, 1.165) is 0 Å². The lowest BCUT2D eigenvalue weighted by Gasteiger charge is -2.12. The zero-order valence-electron chi connectivity index (χ0n) is 33.5. The Bertz CT molecular complexity index is 3700. The molecule has 20 heteroatoms. The number of benzene rings is 4. The van der Waals surface area contributed by atoms with Crippen LogP contribution >= 0.6 is 0 Å². The van der Waals surface area contributed by atoms with Gasteiger partial charge in [-0.15, -0.1) is 0 Å². The zero-order valence-corrected chi connectivity index (χ0v) is 36.8. The second-order valence-corrected chi connectivity index (χ2v) is 20.7. The van der Waals surface area contributed by atoms with E-state index in [0.29, 0.717) is 88.7 Å². The first kappa shape index (κ1) is 43.4. The molecule has 16 nitrogen and oxygen atoms in total. The fourth-order valence-corrected chi connectivity index (χ4v) is 9.96. The number of H-pyrrole nitrogens is 3. The quantitative estimate of drug-likeness (QED) is 0.108. The van der Waals surface area contributed by atoms with E-state index in [-0.39, 0.29) is 19.6 Å². The molecular formula is C45H34N4O12S4. The summed E-state index contributed by atoms with van der Waals surface area (Å²) in [6, 6.07) is 37.1. The Morgan fingerprint density at radius 2 is 0.569 bits per heavy atom. The van der Waals surface area contributed by atoms with Crippen molar-refractivity contribution in [2.24, 2.45) is 7.05 Å². The summed E-state index contributed by atoms with van der Waals surface area (Å²) in [5.41, 5.74) is 6.60. The molecule has 1 aliphatic rings. The summed E-state index contributed by atoms with van der Waals surface area (Å²) in [6.45, 7) is 0. The van der Waals surface area contributed by atoms with E-state index in [4.69, 9.17) is 0 Å². The van der Waals surface area contributed by atoms with Gasteiger partial charge in [0.15, 0.2) is 0 Å². The van der Waals surface area contributed by atoms with Crippen LogP contribution in [0.1, 0.15) is 45.0 Å². The molecule has 4 aromatic carbocycles. The van der Waals surface area contributed by atoms with Crippen LogP contribution in [0.4, 0.5) is 0 Å². The number of nitrogens with zero attached hydrogens (tertiary/aromatic N) is 1. The van der Waals surface area contributed by atoms with Gasteiger partial charge in [-0.25, -0.2) is 0 Å². The average Bonchev–Trinajstić information content (AvgIpc) is 4.09. The summed E-state index contributed by atoms with van der Waals surface area (Å²) in [5.74, 6) is 0. The van der Waals surface area contributed by atoms with Crippen LogP contribution in [0.5, 0.6) is 0 Å². The van der Waals surface area contributed by atoms with Crippen LogP contribution in [-0.2, 0) is 47.5 Å². The minimum absolute atomic E-state index is 0.321. The van der Waals surface area contributed by atoms with E-state index in [9.17, 15) is 51.9 Å². The first-order chi connectivity index (χ1) is 30.6. The van der Waals surface area contributed by atoms with Crippen molar-refractivity contribution in [3.63, 3.8) is 0 Å². The molecule has 4 aromatic heterocycles. The van der Waals surface area contributed by atoms with Gasteiger partial charge < -0.3 is 19.5 Å². The fourth-order valence-electron chi connectivity index (χ4n) is 8.04. The molecule has 8 aromatic rings. The molecule has 0 aliphatic carbocycles. The van der Waals surface area contributed by atoms with E-state index in [1.165, 1.54) is 72.8 Å². The summed E-state index contributed by atoms with van der Waals surface area (Å²) in [4.78, 5) is 9.22. The number of aromatic nitrogens is 4. The van der Waals surface area contributed by atoms with Crippen molar-refractivity contribution in [1.82, 2.24) is 19.5 Å². The SMILES string of the molecule is Cn1/c2cc/c1=C(\c1ccc(S(=O)(=O)O)cc1)c1ccc([nH]1)/C(c1ccc(S(=O)(=O)O)cc1)=c1/cc/c([nH]1)=C(\c1ccc(S(=O)(=O)O)cc1)c1ccc([nH]1)/C=2c1ccc(S(=O)(=O)O)cc1. The maximum absolute atomic E-state index is 12.1. The number of nitrogens with one attached hydrogen (secondary N) is 3. The van der Waals surface area contributed by atoms with E-state index in [2.05, 4.69) is 15.0 Å². The van der Waals surface area contributed by atoms with Gasteiger partial charge in [0.1, 0.15) is 0 Å². The van der Waals surface area contributed by atoms with Gasteiger partial charge >= 0.3 is 0 Å². The molecule has 0 atom stereocenters. The Kier molecular flexibility index (Phi) is 10.5. The first-order valence-electron chi connectivity index (χ1n) is 19.2.